The van der Waals surface area contributed by atoms with Gasteiger partial charge >= 0.3 is 5.97 Å². The molecule has 0 radical (unpaired) electrons. The Morgan fingerprint density at radius 3 is 2.67 bits per heavy atom. The number of esters is 1. The highest BCUT2D eigenvalue weighted by atomic mass is 16.5. The lowest BCUT2D eigenvalue weighted by Crippen LogP contribution is -2.36. The number of rotatable bonds is 5. The zero-order chi connectivity index (χ0) is 19.6. The first kappa shape index (κ1) is 19.0. The number of carbonyl (C=O) groups excluding carboxylic acids is 2. The van der Waals surface area contributed by atoms with Gasteiger partial charge in [-0.05, 0) is 35.7 Å². The summed E-state index contributed by atoms with van der Waals surface area (Å²) in [5, 5.41) is 2.93. The van der Waals surface area contributed by atoms with Gasteiger partial charge in [-0.25, -0.2) is 4.79 Å². The molecule has 1 heterocycles. The van der Waals surface area contributed by atoms with Crippen LogP contribution in [0.15, 0.2) is 36.4 Å². The number of hydrogen-bond acceptors (Lipinski definition) is 4. The Morgan fingerprint density at radius 1 is 1.22 bits per heavy atom. The first-order valence-corrected chi connectivity index (χ1v) is 9.16. The summed E-state index contributed by atoms with van der Waals surface area (Å²) in [6.07, 6.45) is 0.608. The van der Waals surface area contributed by atoms with Gasteiger partial charge in [0.05, 0.1) is 19.2 Å². The maximum Gasteiger partial charge on any atom is 0.338 e. The molecule has 0 spiro atoms. The van der Waals surface area contributed by atoms with Crippen molar-refractivity contribution in [1.29, 1.82) is 0 Å². The standard InChI is InChI=1S/C22H25NO4/c1-13(2)21(24)23-12-16-11-15-9-14(3)10-19(20(15)27-16)17-7-5-6-8-18(17)22(25)26-4/h5-10,13,16H,11-12H2,1-4H3,(H,23,24)/t16-/m1/s1. The van der Waals surface area contributed by atoms with Crippen LogP contribution in [-0.4, -0.2) is 31.6 Å². The van der Waals surface area contributed by atoms with Gasteiger partial charge in [0, 0.05) is 17.9 Å². The lowest BCUT2D eigenvalue weighted by Gasteiger charge is -2.16. The van der Waals surface area contributed by atoms with Crippen molar-refractivity contribution in [2.75, 3.05) is 13.7 Å². The molecule has 1 amide bonds. The van der Waals surface area contributed by atoms with Gasteiger partial charge in [0.15, 0.2) is 0 Å². The number of methoxy groups -OCH3 is 1. The summed E-state index contributed by atoms with van der Waals surface area (Å²) in [5.74, 6) is 0.362. The molecular weight excluding hydrogens is 342 g/mol. The van der Waals surface area contributed by atoms with Gasteiger partial charge in [-0.3, -0.25) is 4.79 Å². The van der Waals surface area contributed by atoms with Crippen LogP contribution in [0.25, 0.3) is 11.1 Å². The van der Waals surface area contributed by atoms with Gasteiger partial charge in [-0.2, -0.15) is 0 Å². The van der Waals surface area contributed by atoms with Crippen molar-refractivity contribution in [1.82, 2.24) is 5.32 Å². The lowest BCUT2D eigenvalue weighted by molar-refractivity contribution is -0.124. The Labute approximate surface area is 159 Å². The Hall–Kier alpha value is -2.82. The summed E-state index contributed by atoms with van der Waals surface area (Å²) < 4.78 is 11.1. The number of fused-ring (bicyclic) bond motifs is 1. The van der Waals surface area contributed by atoms with Crippen molar-refractivity contribution in [3.8, 4) is 16.9 Å². The molecule has 0 unspecified atom stereocenters. The van der Waals surface area contributed by atoms with Crippen molar-refractivity contribution < 1.29 is 19.1 Å². The average molecular weight is 367 g/mol. The summed E-state index contributed by atoms with van der Waals surface area (Å²) in [4.78, 5) is 24.0. The van der Waals surface area contributed by atoms with Crippen molar-refractivity contribution in [2.24, 2.45) is 5.92 Å². The number of ether oxygens (including phenoxy) is 2. The maximum atomic E-state index is 12.2. The molecule has 2 aromatic carbocycles. The number of aryl methyl sites for hydroxylation is 1. The topological polar surface area (TPSA) is 64.6 Å². The van der Waals surface area contributed by atoms with Crippen molar-refractivity contribution in [3.05, 3.63) is 53.1 Å². The zero-order valence-electron chi connectivity index (χ0n) is 16.2. The van der Waals surface area contributed by atoms with Gasteiger partial charge in [-0.15, -0.1) is 0 Å². The van der Waals surface area contributed by atoms with E-state index in [0.717, 1.165) is 34.4 Å². The average Bonchev–Trinajstić information content (AvgIpc) is 3.07. The minimum Gasteiger partial charge on any atom is -0.487 e. The molecule has 142 valence electrons. The second-order valence-electron chi connectivity index (χ2n) is 7.18. The summed E-state index contributed by atoms with van der Waals surface area (Å²) in [7, 11) is 1.38. The van der Waals surface area contributed by atoms with Crippen LogP contribution in [0.3, 0.4) is 0 Å². The predicted octanol–water partition coefficient (Wildman–Crippen LogP) is 3.52. The van der Waals surface area contributed by atoms with Crippen LogP contribution in [0.5, 0.6) is 5.75 Å². The molecule has 0 aliphatic carbocycles. The van der Waals surface area contributed by atoms with Crippen LogP contribution >= 0.6 is 0 Å². The molecule has 27 heavy (non-hydrogen) atoms. The van der Waals surface area contributed by atoms with Crippen LogP contribution in [-0.2, 0) is 16.0 Å². The highest BCUT2D eigenvalue weighted by Crippen LogP contribution is 2.41. The number of hydrogen-bond donors (Lipinski definition) is 1. The molecule has 1 N–H and O–H groups in total. The third-order valence-corrected chi connectivity index (χ3v) is 4.69. The van der Waals surface area contributed by atoms with Gasteiger partial charge < -0.3 is 14.8 Å². The van der Waals surface area contributed by atoms with E-state index >= 15 is 0 Å². The van der Waals surface area contributed by atoms with E-state index in [4.69, 9.17) is 9.47 Å². The summed E-state index contributed by atoms with van der Waals surface area (Å²) in [6, 6.07) is 11.5. The molecule has 2 aromatic rings. The normalized spacial score (nSPS) is 15.2. The Bertz CT molecular complexity index is 873. The third kappa shape index (κ3) is 3.97. The maximum absolute atomic E-state index is 12.2. The second kappa shape index (κ2) is 7.82. The fourth-order valence-electron chi connectivity index (χ4n) is 3.33. The number of carbonyl (C=O) groups is 2. The first-order chi connectivity index (χ1) is 12.9. The van der Waals surface area contributed by atoms with Gasteiger partial charge in [0.25, 0.3) is 0 Å². The van der Waals surface area contributed by atoms with Gasteiger partial charge in [0.1, 0.15) is 11.9 Å². The van der Waals surface area contributed by atoms with E-state index < -0.39 is 0 Å². The van der Waals surface area contributed by atoms with E-state index in [-0.39, 0.29) is 23.9 Å². The largest absolute Gasteiger partial charge is 0.487 e. The summed E-state index contributed by atoms with van der Waals surface area (Å²) in [6.45, 7) is 6.22. The SMILES string of the molecule is COC(=O)c1ccccc1-c1cc(C)cc2c1O[C@@H](CNC(=O)C(C)C)C2. The predicted molar refractivity (Wildman–Crippen MR) is 104 cm³/mol. The number of amides is 1. The summed E-state index contributed by atoms with van der Waals surface area (Å²) >= 11 is 0. The smallest absolute Gasteiger partial charge is 0.338 e. The first-order valence-electron chi connectivity index (χ1n) is 9.16. The minimum absolute atomic E-state index is 0.0157. The van der Waals surface area contributed by atoms with Crippen molar-refractivity contribution >= 4 is 11.9 Å². The quantitative estimate of drug-likeness (QED) is 0.821. The van der Waals surface area contributed by atoms with Crippen LogP contribution in [0.4, 0.5) is 0 Å². The molecular formula is C22H25NO4. The fraction of sp³-hybridized carbons (Fsp3) is 0.364. The molecule has 3 rings (SSSR count). The minimum atomic E-state index is -0.375. The third-order valence-electron chi connectivity index (χ3n) is 4.69. The Morgan fingerprint density at radius 2 is 1.96 bits per heavy atom. The molecule has 0 aromatic heterocycles. The van der Waals surface area contributed by atoms with E-state index in [0.29, 0.717) is 12.1 Å². The van der Waals surface area contributed by atoms with Gasteiger partial charge in [0.2, 0.25) is 5.91 Å². The molecule has 1 atom stereocenters. The highest BCUT2D eigenvalue weighted by Gasteiger charge is 2.28. The van der Waals surface area contributed by atoms with E-state index in [1.54, 1.807) is 6.07 Å². The molecule has 5 heteroatoms. The lowest BCUT2D eigenvalue weighted by atomic mass is 9.94. The zero-order valence-corrected chi connectivity index (χ0v) is 16.2. The van der Waals surface area contributed by atoms with E-state index in [2.05, 4.69) is 11.4 Å². The van der Waals surface area contributed by atoms with E-state index in [9.17, 15) is 9.59 Å². The van der Waals surface area contributed by atoms with Crippen LogP contribution < -0.4 is 10.1 Å². The number of nitrogens with one attached hydrogen (secondary N) is 1. The molecule has 0 saturated carbocycles. The number of benzene rings is 2. The van der Waals surface area contributed by atoms with Crippen LogP contribution in [0.2, 0.25) is 0 Å². The van der Waals surface area contributed by atoms with Crippen molar-refractivity contribution in [3.63, 3.8) is 0 Å². The highest BCUT2D eigenvalue weighted by molar-refractivity contribution is 5.98. The monoisotopic (exact) mass is 367 g/mol. The van der Waals surface area contributed by atoms with E-state index in [1.165, 1.54) is 7.11 Å². The van der Waals surface area contributed by atoms with Crippen molar-refractivity contribution in [2.45, 2.75) is 33.3 Å². The van der Waals surface area contributed by atoms with Gasteiger partial charge in [-0.1, -0.05) is 38.1 Å². The molecule has 5 nitrogen and oxygen atoms in total. The molecule has 0 fully saturated rings. The second-order valence-corrected chi connectivity index (χ2v) is 7.18. The molecule has 0 bridgehead atoms. The van der Waals surface area contributed by atoms with Crippen LogP contribution in [0.1, 0.15) is 35.3 Å². The molecule has 1 aliphatic heterocycles. The molecule has 0 saturated heterocycles. The van der Waals surface area contributed by atoms with Crippen LogP contribution in [0, 0.1) is 12.8 Å². The Kier molecular flexibility index (Phi) is 5.49. The fourth-order valence-corrected chi connectivity index (χ4v) is 3.33. The van der Waals surface area contributed by atoms with E-state index in [1.807, 2.05) is 45.0 Å². The summed E-state index contributed by atoms with van der Waals surface area (Å²) in [5.41, 5.74) is 4.36. The molecule has 1 aliphatic rings. The Balaban J connectivity index is 1.92.